The standard InChI is InChI=1S/C50H36BrN5/c51-43-21-9-18-39(29-43)41-24-23-33-25-26-47(46(32-52)45(33)31-41)53-44-22-10-19-40(30-44)37-16-7-15-36(27-37)38-17-8-20-42(28-38)50-55-48(34-11-3-1-4-12-34)54-49(56-50)35-13-5-2-6-14-35/h1,3-5,7-32,52-53H,2,6H2. The fourth-order valence-electron chi connectivity index (χ4n) is 7.23. The van der Waals surface area contributed by atoms with Gasteiger partial charge in [-0.1, -0.05) is 143 Å². The second-order valence-electron chi connectivity index (χ2n) is 13.8. The Morgan fingerprint density at radius 2 is 1.11 bits per heavy atom. The molecule has 9 rings (SSSR count). The highest BCUT2D eigenvalue weighted by molar-refractivity contribution is 9.10. The van der Waals surface area contributed by atoms with E-state index in [2.05, 4.69) is 155 Å². The molecule has 2 N–H and O–H groups in total. The SMILES string of the molecule is N=Cc1c(Nc2cccc(-c3cccc(-c4cccc(-c5nc(C6=CCCC=C6)nc(-c6ccccc6)n5)c4)c3)c2)ccc2ccc(-c3cccc(Br)c3)cc12. The van der Waals surface area contributed by atoms with Crippen molar-refractivity contribution in [3.8, 4) is 56.2 Å². The first-order valence-corrected chi connectivity index (χ1v) is 19.5. The van der Waals surface area contributed by atoms with Crippen LogP contribution in [0, 0.1) is 5.41 Å². The maximum Gasteiger partial charge on any atom is 0.164 e. The first-order valence-electron chi connectivity index (χ1n) is 18.7. The number of hydrogen-bond donors (Lipinski definition) is 2. The Hall–Kier alpha value is -6.76. The molecule has 0 radical (unpaired) electrons. The fraction of sp³-hybridized carbons (Fsp3) is 0.0400. The second kappa shape index (κ2) is 15.5. The summed E-state index contributed by atoms with van der Waals surface area (Å²) in [4.78, 5) is 14.8. The zero-order chi connectivity index (χ0) is 37.8. The maximum absolute atomic E-state index is 8.41. The molecular weight excluding hydrogens is 750 g/mol. The quantitative estimate of drug-likeness (QED) is 0.143. The van der Waals surface area contributed by atoms with Gasteiger partial charge in [-0.3, -0.25) is 0 Å². The van der Waals surface area contributed by atoms with Gasteiger partial charge in [0.05, 0.1) is 0 Å². The summed E-state index contributed by atoms with van der Waals surface area (Å²) >= 11 is 3.60. The van der Waals surface area contributed by atoms with Gasteiger partial charge in [0, 0.05) is 44.3 Å². The van der Waals surface area contributed by atoms with Crippen molar-refractivity contribution in [3.63, 3.8) is 0 Å². The van der Waals surface area contributed by atoms with Crippen LogP contribution in [0.15, 0.2) is 180 Å². The van der Waals surface area contributed by atoms with Gasteiger partial charge in [-0.2, -0.15) is 0 Å². The third kappa shape index (κ3) is 7.35. The highest BCUT2D eigenvalue weighted by Gasteiger charge is 2.15. The maximum atomic E-state index is 8.41. The van der Waals surface area contributed by atoms with Gasteiger partial charge in [0.15, 0.2) is 17.5 Å². The third-order valence-electron chi connectivity index (χ3n) is 10.1. The molecule has 1 aliphatic carbocycles. The number of aromatic nitrogens is 3. The molecule has 0 saturated carbocycles. The average molecular weight is 787 g/mol. The van der Waals surface area contributed by atoms with Crippen molar-refractivity contribution >= 4 is 49.9 Å². The number of benzene rings is 7. The Kier molecular flexibility index (Phi) is 9.70. The molecule has 1 aromatic heterocycles. The monoisotopic (exact) mass is 785 g/mol. The van der Waals surface area contributed by atoms with E-state index in [0.29, 0.717) is 17.5 Å². The van der Waals surface area contributed by atoms with Gasteiger partial charge in [0.2, 0.25) is 0 Å². The minimum absolute atomic E-state index is 0.646. The number of allylic oxidation sites excluding steroid dienone is 4. The van der Waals surface area contributed by atoms with E-state index in [1.807, 2.05) is 42.5 Å². The molecule has 0 spiro atoms. The average Bonchev–Trinajstić information content (AvgIpc) is 3.27. The van der Waals surface area contributed by atoms with E-state index in [1.165, 1.54) is 6.21 Å². The van der Waals surface area contributed by atoms with E-state index in [0.717, 1.165) is 95.1 Å². The zero-order valence-corrected chi connectivity index (χ0v) is 32.0. The smallest absolute Gasteiger partial charge is 0.164 e. The number of anilines is 2. The van der Waals surface area contributed by atoms with Crippen LogP contribution in [0.25, 0.3) is 72.5 Å². The van der Waals surface area contributed by atoms with Gasteiger partial charge in [0.1, 0.15) is 0 Å². The van der Waals surface area contributed by atoms with Gasteiger partial charge >= 0.3 is 0 Å². The molecule has 268 valence electrons. The Bertz CT molecular complexity index is 2820. The second-order valence-corrected chi connectivity index (χ2v) is 14.7. The number of halogens is 1. The molecule has 0 bridgehead atoms. The number of rotatable bonds is 9. The summed E-state index contributed by atoms with van der Waals surface area (Å²) in [6.45, 7) is 0. The van der Waals surface area contributed by atoms with Crippen LogP contribution in [0.3, 0.4) is 0 Å². The van der Waals surface area contributed by atoms with Crippen molar-refractivity contribution in [2.75, 3.05) is 5.32 Å². The molecule has 6 heteroatoms. The van der Waals surface area contributed by atoms with E-state index in [1.54, 1.807) is 0 Å². The lowest BCUT2D eigenvalue weighted by Gasteiger charge is -2.14. The van der Waals surface area contributed by atoms with E-state index in [9.17, 15) is 0 Å². The predicted octanol–water partition coefficient (Wildman–Crippen LogP) is 13.6. The molecule has 7 aromatic carbocycles. The van der Waals surface area contributed by atoms with Crippen LogP contribution in [-0.2, 0) is 0 Å². The molecule has 1 heterocycles. The molecule has 8 aromatic rings. The molecular formula is C50H36BrN5. The first kappa shape index (κ1) is 35.0. The van der Waals surface area contributed by atoms with Crippen molar-refractivity contribution in [2.45, 2.75) is 12.8 Å². The van der Waals surface area contributed by atoms with Gasteiger partial charge < -0.3 is 10.7 Å². The van der Waals surface area contributed by atoms with Crippen LogP contribution >= 0.6 is 15.9 Å². The molecule has 1 aliphatic rings. The van der Waals surface area contributed by atoms with E-state index >= 15 is 0 Å². The van der Waals surface area contributed by atoms with Gasteiger partial charge in [-0.15, -0.1) is 0 Å². The Labute approximate surface area is 334 Å². The van der Waals surface area contributed by atoms with Crippen LogP contribution in [0.1, 0.15) is 24.2 Å². The summed E-state index contributed by atoms with van der Waals surface area (Å²) in [6, 6.07) is 54.5. The molecule has 56 heavy (non-hydrogen) atoms. The van der Waals surface area contributed by atoms with Crippen molar-refractivity contribution < 1.29 is 0 Å². The van der Waals surface area contributed by atoms with Crippen LogP contribution in [0.5, 0.6) is 0 Å². The molecule has 0 amide bonds. The van der Waals surface area contributed by atoms with Crippen molar-refractivity contribution in [2.24, 2.45) is 0 Å². The summed E-state index contributed by atoms with van der Waals surface area (Å²) < 4.78 is 1.04. The normalized spacial score (nSPS) is 12.3. The van der Waals surface area contributed by atoms with Crippen LogP contribution < -0.4 is 5.32 Å². The fourth-order valence-corrected chi connectivity index (χ4v) is 7.63. The van der Waals surface area contributed by atoms with E-state index in [-0.39, 0.29) is 0 Å². The summed E-state index contributed by atoms with van der Waals surface area (Å²) in [7, 11) is 0. The number of nitrogens with zero attached hydrogens (tertiary/aromatic N) is 3. The van der Waals surface area contributed by atoms with E-state index in [4.69, 9.17) is 20.4 Å². The van der Waals surface area contributed by atoms with Crippen molar-refractivity contribution in [1.29, 1.82) is 5.41 Å². The largest absolute Gasteiger partial charge is 0.355 e. The molecule has 0 saturated heterocycles. The molecule has 0 atom stereocenters. The lowest BCUT2D eigenvalue weighted by atomic mass is 9.97. The highest BCUT2D eigenvalue weighted by atomic mass is 79.9. The van der Waals surface area contributed by atoms with Crippen molar-refractivity contribution in [1.82, 2.24) is 15.0 Å². The molecule has 5 nitrogen and oxygen atoms in total. The summed E-state index contributed by atoms with van der Waals surface area (Å²) in [5.74, 6) is 1.99. The highest BCUT2D eigenvalue weighted by Crippen LogP contribution is 2.35. The Balaban J connectivity index is 1.02. The Morgan fingerprint density at radius 3 is 1.82 bits per heavy atom. The minimum Gasteiger partial charge on any atom is -0.355 e. The first-order chi connectivity index (χ1) is 27.6. The topological polar surface area (TPSA) is 74.6 Å². The number of hydrogen-bond acceptors (Lipinski definition) is 5. The van der Waals surface area contributed by atoms with Gasteiger partial charge in [-0.25, -0.2) is 15.0 Å². The van der Waals surface area contributed by atoms with Crippen molar-refractivity contribution in [3.05, 3.63) is 192 Å². The van der Waals surface area contributed by atoms with Crippen LogP contribution in [0.4, 0.5) is 11.4 Å². The molecule has 0 aliphatic heterocycles. The van der Waals surface area contributed by atoms with Gasteiger partial charge in [0.25, 0.3) is 0 Å². The predicted molar refractivity (Wildman–Crippen MR) is 236 cm³/mol. The van der Waals surface area contributed by atoms with E-state index < -0.39 is 0 Å². The van der Waals surface area contributed by atoms with Crippen LogP contribution in [-0.4, -0.2) is 21.2 Å². The minimum atomic E-state index is 0.646. The number of fused-ring (bicyclic) bond motifs is 1. The molecule has 0 fully saturated rings. The summed E-state index contributed by atoms with van der Waals surface area (Å²) in [5.41, 5.74) is 12.2. The third-order valence-corrected chi connectivity index (χ3v) is 10.6. The Morgan fingerprint density at radius 1 is 0.518 bits per heavy atom. The zero-order valence-electron chi connectivity index (χ0n) is 30.5. The summed E-state index contributed by atoms with van der Waals surface area (Å²) in [5, 5.41) is 14.2. The van der Waals surface area contributed by atoms with Crippen LogP contribution in [0.2, 0.25) is 0 Å². The van der Waals surface area contributed by atoms with Gasteiger partial charge in [-0.05, 0) is 106 Å². The lowest BCUT2D eigenvalue weighted by Crippen LogP contribution is -2.03. The number of nitrogens with one attached hydrogen (secondary N) is 2. The lowest BCUT2D eigenvalue weighted by molar-refractivity contribution is 1.01. The summed E-state index contributed by atoms with van der Waals surface area (Å²) in [6.07, 6.45) is 9.94. The molecule has 0 unspecified atom stereocenters.